The average molecular weight is 119 g/mol. The Hall–Kier alpha value is -0.563. The van der Waals surface area contributed by atoms with Gasteiger partial charge in [-0.3, -0.25) is 0 Å². The van der Waals surface area contributed by atoms with E-state index in [1.165, 1.54) is 5.56 Å². The minimum absolute atomic E-state index is 0.945. The van der Waals surface area contributed by atoms with Crippen molar-refractivity contribution < 1.29 is 0 Å². The normalized spacial score (nSPS) is 9.25. The van der Waals surface area contributed by atoms with Gasteiger partial charge < -0.3 is 0 Å². The van der Waals surface area contributed by atoms with Crippen LogP contribution in [0.3, 0.4) is 0 Å². The minimum atomic E-state index is 0.945. The summed E-state index contributed by atoms with van der Waals surface area (Å²) in [6, 6.07) is 11.2. The van der Waals surface area contributed by atoms with Crippen LogP contribution >= 0.6 is 0 Å². The van der Waals surface area contributed by atoms with Gasteiger partial charge in [-0.15, -0.1) is 0 Å². The second-order valence-electron chi connectivity index (χ2n) is 1.66. The molecule has 36 valence electrons. The van der Waals surface area contributed by atoms with Crippen molar-refractivity contribution in [3.63, 3.8) is 0 Å². The second kappa shape index (κ2) is 2.67. The number of rotatable bonds is 1. The summed E-state index contributed by atoms with van der Waals surface area (Å²) in [5.74, 6) is 0. The van der Waals surface area contributed by atoms with Gasteiger partial charge in [0, 0.05) is 0 Å². The molecule has 0 heterocycles. The van der Waals surface area contributed by atoms with E-state index in [0.717, 1.165) is 6.04 Å². The SMILES string of the molecule is [Si+3]Cc1ccccc1. The van der Waals surface area contributed by atoms with Crippen molar-refractivity contribution in [2.75, 3.05) is 0 Å². The van der Waals surface area contributed by atoms with E-state index in [9.17, 15) is 0 Å². The molecule has 1 aromatic rings. The Morgan fingerprint density at radius 2 is 1.75 bits per heavy atom. The van der Waals surface area contributed by atoms with Gasteiger partial charge in [0.25, 0.3) is 0 Å². The number of hydrogen-bond donors (Lipinski definition) is 0. The quantitative estimate of drug-likeness (QED) is 0.490. The molecule has 0 fully saturated rings. The summed E-state index contributed by atoms with van der Waals surface area (Å²) in [6.45, 7) is 0. The van der Waals surface area contributed by atoms with Crippen LogP contribution in [-0.4, -0.2) is 10.2 Å². The Morgan fingerprint density at radius 1 is 1.12 bits per heavy atom. The van der Waals surface area contributed by atoms with Crippen molar-refractivity contribution in [1.82, 2.24) is 0 Å². The molecule has 0 unspecified atom stereocenters. The molecule has 0 aromatic heterocycles. The van der Waals surface area contributed by atoms with Gasteiger partial charge in [-0.1, -0.05) is 0 Å². The molecule has 0 saturated heterocycles. The zero-order valence-electron chi connectivity index (χ0n) is 4.59. The fourth-order valence-electron chi connectivity index (χ4n) is 0.596. The molecule has 0 radical (unpaired) electrons. The van der Waals surface area contributed by atoms with Crippen LogP contribution in [0.2, 0.25) is 0 Å². The molecule has 0 nitrogen and oxygen atoms in total. The molecule has 0 bridgehead atoms. The van der Waals surface area contributed by atoms with E-state index in [1.54, 1.807) is 0 Å². The van der Waals surface area contributed by atoms with Crippen LogP contribution in [0.4, 0.5) is 0 Å². The molecule has 0 amide bonds. The fourth-order valence-corrected chi connectivity index (χ4v) is 0.832. The fraction of sp³-hybridized carbons (Fsp3) is 0.143. The molecular formula is C7H7Si+3. The predicted molar refractivity (Wildman–Crippen MR) is 35.9 cm³/mol. The maximum atomic E-state index is 3.40. The van der Waals surface area contributed by atoms with Crippen molar-refractivity contribution >= 4 is 10.2 Å². The molecule has 1 aromatic carbocycles. The van der Waals surface area contributed by atoms with Crippen molar-refractivity contribution in [2.45, 2.75) is 6.04 Å². The first-order valence-corrected chi connectivity index (χ1v) is 3.32. The third-order valence-corrected chi connectivity index (χ3v) is 1.46. The number of benzene rings is 1. The summed E-state index contributed by atoms with van der Waals surface area (Å²) < 4.78 is 0. The third kappa shape index (κ3) is 1.20. The molecule has 0 atom stereocenters. The van der Waals surface area contributed by atoms with Crippen LogP contribution in [0, 0.1) is 0 Å². The van der Waals surface area contributed by atoms with E-state index in [-0.39, 0.29) is 0 Å². The first-order chi connectivity index (χ1) is 3.93. The average Bonchev–Trinajstić information content (AvgIpc) is 1.90. The van der Waals surface area contributed by atoms with Gasteiger partial charge in [0.2, 0.25) is 0 Å². The molecule has 0 spiro atoms. The van der Waals surface area contributed by atoms with Crippen LogP contribution in [0.15, 0.2) is 30.3 Å². The maximum absolute atomic E-state index is 3.40. The molecular weight excluding hydrogens is 112 g/mol. The van der Waals surface area contributed by atoms with E-state index < -0.39 is 0 Å². The monoisotopic (exact) mass is 119 g/mol. The molecule has 8 heavy (non-hydrogen) atoms. The molecule has 0 aliphatic heterocycles. The number of hydrogen-bond acceptors (Lipinski definition) is 0. The van der Waals surface area contributed by atoms with Crippen molar-refractivity contribution in [2.24, 2.45) is 0 Å². The van der Waals surface area contributed by atoms with Gasteiger partial charge in [0.1, 0.15) is 0 Å². The van der Waals surface area contributed by atoms with E-state index in [1.807, 2.05) is 18.2 Å². The molecule has 0 aliphatic rings. The summed E-state index contributed by atoms with van der Waals surface area (Å²) in [5, 5.41) is 0. The van der Waals surface area contributed by atoms with E-state index in [2.05, 4.69) is 22.4 Å². The van der Waals surface area contributed by atoms with Gasteiger partial charge in [-0.05, 0) is 0 Å². The van der Waals surface area contributed by atoms with Gasteiger partial charge in [-0.25, -0.2) is 0 Å². The second-order valence-corrected chi connectivity index (χ2v) is 2.02. The molecule has 0 aliphatic carbocycles. The van der Waals surface area contributed by atoms with E-state index >= 15 is 0 Å². The Kier molecular flexibility index (Phi) is 1.86. The van der Waals surface area contributed by atoms with Gasteiger partial charge in [0.05, 0.1) is 0 Å². The third-order valence-electron chi connectivity index (χ3n) is 1.05. The predicted octanol–water partition coefficient (Wildman–Crippen LogP) is 1.36. The molecule has 0 N–H and O–H groups in total. The van der Waals surface area contributed by atoms with E-state index in [4.69, 9.17) is 0 Å². The first kappa shape index (κ1) is 5.57. The summed E-state index contributed by atoms with van der Waals surface area (Å²) in [7, 11) is 3.40. The Morgan fingerprint density at radius 3 is 2.12 bits per heavy atom. The zero-order valence-corrected chi connectivity index (χ0v) is 5.59. The van der Waals surface area contributed by atoms with Gasteiger partial charge >= 0.3 is 52.2 Å². The van der Waals surface area contributed by atoms with Crippen molar-refractivity contribution in [3.8, 4) is 0 Å². The molecule has 0 saturated carbocycles. The Labute approximate surface area is 53.0 Å². The van der Waals surface area contributed by atoms with Crippen molar-refractivity contribution in [1.29, 1.82) is 0 Å². The van der Waals surface area contributed by atoms with Crippen LogP contribution in [0.1, 0.15) is 5.56 Å². The topological polar surface area (TPSA) is 0 Å². The summed E-state index contributed by atoms with van der Waals surface area (Å²) in [5.41, 5.74) is 1.32. The van der Waals surface area contributed by atoms with Crippen LogP contribution < -0.4 is 0 Å². The Balaban J connectivity index is 2.83. The zero-order chi connectivity index (χ0) is 5.82. The van der Waals surface area contributed by atoms with Crippen molar-refractivity contribution in [3.05, 3.63) is 35.9 Å². The first-order valence-electron chi connectivity index (χ1n) is 2.62. The van der Waals surface area contributed by atoms with Crippen LogP contribution in [-0.2, 0) is 6.04 Å². The standard InChI is InChI=1S/C7H7Si/c8-6-7-4-2-1-3-5-7/h1-5H,6H2/q+3. The van der Waals surface area contributed by atoms with E-state index in [0.29, 0.717) is 0 Å². The summed E-state index contributed by atoms with van der Waals surface area (Å²) in [4.78, 5) is 0. The summed E-state index contributed by atoms with van der Waals surface area (Å²) >= 11 is 0. The van der Waals surface area contributed by atoms with Crippen LogP contribution in [0.5, 0.6) is 0 Å². The van der Waals surface area contributed by atoms with Gasteiger partial charge in [0.15, 0.2) is 0 Å². The Bertz CT molecular complexity index is 146. The molecule has 1 rings (SSSR count). The van der Waals surface area contributed by atoms with Gasteiger partial charge in [-0.2, -0.15) is 0 Å². The summed E-state index contributed by atoms with van der Waals surface area (Å²) in [6.07, 6.45) is 0. The molecule has 1 heteroatoms. The van der Waals surface area contributed by atoms with Crippen LogP contribution in [0.25, 0.3) is 0 Å².